The Morgan fingerprint density at radius 3 is 2.56 bits per heavy atom. The van der Waals surface area contributed by atoms with E-state index < -0.39 is 18.7 Å². The molecule has 0 aromatic carbocycles. The van der Waals surface area contributed by atoms with Gasteiger partial charge in [-0.1, -0.05) is 11.6 Å². The fraction of sp³-hybridized carbons (Fsp3) is 0.700. The molecule has 0 amide bonds. The molecule has 1 aromatic rings. The third-order valence-corrected chi connectivity index (χ3v) is 3.43. The van der Waals surface area contributed by atoms with Crippen molar-refractivity contribution in [3.8, 4) is 0 Å². The van der Waals surface area contributed by atoms with E-state index in [0.29, 0.717) is 5.92 Å². The molecular formula is C10H13ClF2N2O. The highest BCUT2D eigenvalue weighted by molar-refractivity contribution is 6.30. The summed E-state index contributed by atoms with van der Waals surface area (Å²) in [7, 11) is 0. The molecule has 1 atom stereocenters. The molecule has 1 aromatic heterocycles. The van der Waals surface area contributed by atoms with Crippen LogP contribution in [-0.4, -0.2) is 14.9 Å². The Balaban J connectivity index is 2.38. The summed E-state index contributed by atoms with van der Waals surface area (Å²) in [4.78, 5) is 0. The van der Waals surface area contributed by atoms with E-state index in [-0.39, 0.29) is 16.8 Å². The maximum absolute atomic E-state index is 12.6. The molecule has 1 N–H and O–H groups in total. The van der Waals surface area contributed by atoms with E-state index in [1.165, 1.54) is 4.68 Å². The van der Waals surface area contributed by atoms with Gasteiger partial charge in [0.15, 0.2) is 0 Å². The van der Waals surface area contributed by atoms with Crippen LogP contribution in [0.5, 0.6) is 0 Å². The zero-order valence-electron chi connectivity index (χ0n) is 8.83. The van der Waals surface area contributed by atoms with Crippen LogP contribution in [0.2, 0.25) is 5.15 Å². The average Bonchev–Trinajstić information content (AvgIpc) is 3.01. The van der Waals surface area contributed by atoms with Gasteiger partial charge in [0.05, 0.1) is 12.6 Å². The molecule has 1 unspecified atom stereocenters. The van der Waals surface area contributed by atoms with Crippen molar-refractivity contribution in [1.82, 2.24) is 9.78 Å². The minimum Gasteiger partial charge on any atom is -0.391 e. The molecule has 1 aliphatic carbocycles. The van der Waals surface area contributed by atoms with Gasteiger partial charge in [-0.2, -0.15) is 5.10 Å². The second kappa shape index (κ2) is 4.30. The summed E-state index contributed by atoms with van der Waals surface area (Å²) in [5.41, 5.74) is -0.357. The van der Waals surface area contributed by atoms with Crippen LogP contribution in [0.15, 0.2) is 0 Å². The predicted molar refractivity (Wildman–Crippen MR) is 55.6 cm³/mol. The lowest BCUT2D eigenvalue weighted by atomic mass is 10.2. The lowest BCUT2D eigenvalue weighted by Gasteiger charge is -2.11. The molecular weight excluding hydrogens is 238 g/mol. The first kappa shape index (κ1) is 11.8. The van der Waals surface area contributed by atoms with Crippen LogP contribution in [0.4, 0.5) is 8.78 Å². The van der Waals surface area contributed by atoms with Crippen LogP contribution in [-0.2, 0) is 6.61 Å². The van der Waals surface area contributed by atoms with Crippen LogP contribution >= 0.6 is 11.6 Å². The molecule has 1 saturated carbocycles. The van der Waals surface area contributed by atoms with E-state index in [2.05, 4.69) is 5.10 Å². The summed E-state index contributed by atoms with van der Waals surface area (Å²) in [5.74, 6) is 0.467. The molecule has 90 valence electrons. The first-order valence-corrected chi connectivity index (χ1v) is 5.59. The van der Waals surface area contributed by atoms with E-state index in [4.69, 9.17) is 16.7 Å². The summed E-state index contributed by atoms with van der Waals surface area (Å²) >= 11 is 5.95. The van der Waals surface area contributed by atoms with E-state index in [9.17, 15) is 8.78 Å². The number of halogens is 3. The summed E-state index contributed by atoms with van der Waals surface area (Å²) in [6.45, 7) is 1.41. The minimum absolute atomic E-state index is 0.0188. The van der Waals surface area contributed by atoms with Gasteiger partial charge in [0.25, 0.3) is 6.43 Å². The van der Waals surface area contributed by atoms with Gasteiger partial charge in [0.1, 0.15) is 10.8 Å². The number of rotatable bonds is 4. The van der Waals surface area contributed by atoms with Gasteiger partial charge in [0.2, 0.25) is 0 Å². The predicted octanol–water partition coefficient (Wildman–Crippen LogP) is 2.94. The van der Waals surface area contributed by atoms with Crippen molar-refractivity contribution in [3.05, 3.63) is 16.4 Å². The smallest absolute Gasteiger partial charge is 0.282 e. The minimum atomic E-state index is -2.70. The third-order valence-electron chi connectivity index (χ3n) is 3.03. The first-order chi connectivity index (χ1) is 7.56. The van der Waals surface area contributed by atoms with Crippen LogP contribution in [0.1, 0.15) is 43.5 Å². The number of aliphatic hydroxyl groups excluding tert-OH is 1. The van der Waals surface area contributed by atoms with Crippen molar-refractivity contribution in [2.75, 3.05) is 0 Å². The summed E-state index contributed by atoms with van der Waals surface area (Å²) in [6, 6.07) is 0.0188. The van der Waals surface area contributed by atoms with Gasteiger partial charge in [-0.15, -0.1) is 0 Å². The Morgan fingerprint density at radius 2 is 2.19 bits per heavy atom. The highest BCUT2D eigenvalue weighted by Crippen LogP contribution is 2.41. The SMILES string of the molecule is CC(C1CC1)n1nc(C(F)F)c(CO)c1Cl. The summed E-state index contributed by atoms with van der Waals surface area (Å²) < 4.78 is 26.7. The monoisotopic (exact) mass is 250 g/mol. The maximum atomic E-state index is 12.6. The van der Waals surface area contributed by atoms with Gasteiger partial charge in [-0.3, -0.25) is 4.68 Å². The van der Waals surface area contributed by atoms with Gasteiger partial charge in [-0.05, 0) is 25.7 Å². The second-order valence-electron chi connectivity index (χ2n) is 4.14. The lowest BCUT2D eigenvalue weighted by Crippen LogP contribution is -2.09. The largest absolute Gasteiger partial charge is 0.391 e. The van der Waals surface area contributed by atoms with Crippen molar-refractivity contribution in [3.63, 3.8) is 0 Å². The van der Waals surface area contributed by atoms with Crippen molar-refractivity contribution in [2.24, 2.45) is 5.92 Å². The topological polar surface area (TPSA) is 38.0 Å². The van der Waals surface area contributed by atoms with Gasteiger partial charge in [0, 0.05) is 5.56 Å². The molecule has 0 radical (unpaired) electrons. The quantitative estimate of drug-likeness (QED) is 0.892. The zero-order chi connectivity index (χ0) is 11.9. The van der Waals surface area contributed by atoms with Crippen LogP contribution in [0.25, 0.3) is 0 Å². The second-order valence-corrected chi connectivity index (χ2v) is 4.49. The standard InChI is InChI=1S/C10H13ClF2N2O/c1-5(6-2-3-6)15-9(11)7(4-16)8(14-15)10(12)13/h5-6,10,16H,2-4H2,1H3. The third kappa shape index (κ3) is 1.94. The number of aliphatic hydroxyl groups is 1. The molecule has 0 saturated heterocycles. The highest BCUT2D eigenvalue weighted by Gasteiger charge is 2.33. The van der Waals surface area contributed by atoms with Gasteiger partial charge < -0.3 is 5.11 Å². The van der Waals surface area contributed by atoms with Crippen molar-refractivity contribution in [2.45, 2.75) is 38.8 Å². The summed E-state index contributed by atoms with van der Waals surface area (Å²) in [5, 5.41) is 13.0. The Hall–Kier alpha value is -0.680. The highest BCUT2D eigenvalue weighted by atomic mass is 35.5. The van der Waals surface area contributed by atoms with E-state index in [0.717, 1.165) is 12.8 Å². The maximum Gasteiger partial charge on any atom is 0.282 e. The molecule has 3 nitrogen and oxygen atoms in total. The number of aromatic nitrogens is 2. The summed E-state index contributed by atoms with van der Waals surface area (Å²) in [6.07, 6.45) is -0.543. The molecule has 1 heterocycles. The Kier molecular flexibility index (Phi) is 3.17. The normalized spacial score (nSPS) is 18.1. The molecule has 0 bridgehead atoms. The van der Waals surface area contributed by atoms with Crippen molar-refractivity contribution in [1.29, 1.82) is 0 Å². The zero-order valence-corrected chi connectivity index (χ0v) is 9.58. The Labute approximate surface area is 97.0 Å². The van der Waals surface area contributed by atoms with Gasteiger partial charge >= 0.3 is 0 Å². The van der Waals surface area contributed by atoms with E-state index >= 15 is 0 Å². The number of nitrogens with zero attached hydrogens (tertiary/aromatic N) is 2. The van der Waals surface area contributed by atoms with Crippen molar-refractivity contribution >= 4 is 11.6 Å². The molecule has 1 fully saturated rings. The Bertz CT molecular complexity index is 390. The van der Waals surface area contributed by atoms with Crippen LogP contribution < -0.4 is 0 Å². The number of hydrogen-bond acceptors (Lipinski definition) is 2. The fourth-order valence-corrected chi connectivity index (χ4v) is 2.18. The van der Waals surface area contributed by atoms with Crippen LogP contribution in [0.3, 0.4) is 0 Å². The Morgan fingerprint density at radius 1 is 1.56 bits per heavy atom. The van der Waals surface area contributed by atoms with E-state index in [1.54, 1.807) is 0 Å². The molecule has 0 spiro atoms. The first-order valence-electron chi connectivity index (χ1n) is 5.22. The molecule has 16 heavy (non-hydrogen) atoms. The average molecular weight is 251 g/mol. The fourth-order valence-electron chi connectivity index (χ4n) is 1.83. The molecule has 0 aliphatic heterocycles. The van der Waals surface area contributed by atoms with Gasteiger partial charge in [-0.25, -0.2) is 8.78 Å². The molecule has 6 heteroatoms. The van der Waals surface area contributed by atoms with E-state index in [1.807, 2.05) is 6.92 Å². The number of hydrogen-bond donors (Lipinski definition) is 1. The molecule has 2 rings (SSSR count). The molecule has 1 aliphatic rings. The van der Waals surface area contributed by atoms with Crippen LogP contribution in [0, 0.1) is 5.92 Å². The van der Waals surface area contributed by atoms with Crippen molar-refractivity contribution < 1.29 is 13.9 Å². The lowest BCUT2D eigenvalue weighted by molar-refractivity contribution is 0.140. The number of alkyl halides is 2.